The van der Waals surface area contributed by atoms with Crippen LogP contribution in [0.25, 0.3) is 0 Å². The topological polar surface area (TPSA) is 37.8 Å². The maximum atomic E-state index is 4.62. The Labute approximate surface area is 92.3 Å². The Balaban J connectivity index is 3.33. The minimum atomic E-state index is 0.00319. The van der Waals surface area contributed by atoms with Crippen LogP contribution in [0.15, 0.2) is 0 Å². The molecule has 1 aromatic rings. The van der Waals surface area contributed by atoms with Crippen molar-refractivity contribution in [2.45, 2.75) is 46.5 Å². The van der Waals surface area contributed by atoms with Gasteiger partial charge in [0.2, 0.25) is 0 Å². The summed E-state index contributed by atoms with van der Waals surface area (Å²) >= 11 is 0. The minimum Gasteiger partial charge on any atom is -0.373 e. The van der Waals surface area contributed by atoms with E-state index in [2.05, 4.69) is 49.9 Å². The molecule has 0 amide bonds. The van der Waals surface area contributed by atoms with Crippen molar-refractivity contribution in [3.63, 3.8) is 0 Å². The van der Waals surface area contributed by atoms with Crippen LogP contribution in [0, 0.1) is 6.92 Å². The van der Waals surface area contributed by atoms with E-state index >= 15 is 0 Å². The molecular formula is C12H21N3. The standard InChI is InChI=1S/C12H21N3/c1-7-9-8(2)10(13-6)15-11(14-9)12(3,4)5/h7H2,1-6H3,(H,13,14,15). The molecule has 0 atom stereocenters. The zero-order chi connectivity index (χ0) is 11.6. The largest absolute Gasteiger partial charge is 0.373 e. The first kappa shape index (κ1) is 12.0. The SMILES string of the molecule is CCc1nc(C(C)(C)C)nc(NC)c1C. The molecule has 0 bridgehead atoms. The number of hydrogen-bond donors (Lipinski definition) is 1. The number of anilines is 1. The maximum Gasteiger partial charge on any atom is 0.136 e. The Hall–Kier alpha value is -1.12. The van der Waals surface area contributed by atoms with Crippen LogP contribution in [0.2, 0.25) is 0 Å². The lowest BCUT2D eigenvalue weighted by molar-refractivity contribution is 0.541. The van der Waals surface area contributed by atoms with E-state index in [-0.39, 0.29) is 5.41 Å². The second-order valence-corrected chi connectivity index (χ2v) is 4.82. The van der Waals surface area contributed by atoms with Crippen LogP contribution in [0.5, 0.6) is 0 Å². The van der Waals surface area contributed by atoms with Gasteiger partial charge in [0, 0.05) is 23.7 Å². The van der Waals surface area contributed by atoms with Crippen molar-refractivity contribution in [2.24, 2.45) is 0 Å². The van der Waals surface area contributed by atoms with E-state index in [0.29, 0.717) is 0 Å². The van der Waals surface area contributed by atoms with Gasteiger partial charge in [0.25, 0.3) is 0 Å². The average Bonchev–Trinajstić information content (AvgIpc) is 2.16. The van der Waals surface area contributed by atoms with Gasteiger partial charge in [0.15, 0.2) is 0 Å². The molecule has 1 N–H and O–H groups in total. The molecule has 15 heavy (non-hydrogen) atoms. The second kappa shape index (κ2) is 4.17. The molecule has 0 aliphatic rings. The van der Waals surface area contributed by atoms with Gasteiger partial charge in [-0.1, -0.05) is 27.7 Å². The normalized spacial score (nSPS) is 11.6. The third kappa shape index (κ3) is 2.46. The van der Waals surface area contributed by atoms with Gasteiger partial charge in [-0.3, -0.25) is 0 Å². The molecule has 0 aromatic carbocycles. The van der Waals surface area contributed by atoms with Crippen molar-refractivity contribution >= 4 is 5.82 Å². The molecule has 1 aromatic heterocycles. The minimum absolute atomic E-state index is 0.00319. The second-order valence-electron chi connectivity index (χ2n) is 4.82. The van der Waals surface area contributed by atoms with Crippen molar-refractivity contribution in [2.75, 3.05) is 12.4 Å². The highest BCUT2D eigenvalue weighted by Gasteiger charge is 2.20. The first-order chi connectivity index (χ1) is 6.90. The molecular weight excluding hydrogens is 186 g/mol. The predicted octanol–water partition coefficient (Wildman–Crippen LogP) is 2.69. The van der Waals surface area contributed by atoms with Crippen LogP contribution in [-0.2, 0) is 11.8 Å². The van der Waals surface area contributed by atoms with E-state index in [1.54, 1.807) is 0 Å². The fourth-order valence-corrected chi connectivity index (χ4v) is 1.49. The van der Waals surface area contributed by atoms with Gasteiger partial charge in [-0.05, 0) is 13.3 Å². The molecule has 0 fully saturated rings. The zero-order valence-corrected chi connectivity index (χ0v) is 10.6. The van der Waals surface area contributed by atoms with Crippen LogP contribution in [0.1, 0.15) is 44.8 Å². The lowest BCUT2D eigenvalue weighted by atomic mass is 9.95. The van der Waals surface area contributed by atoms with Gasteiger partial charge in [0.1, 0.15) is 11.6 Å². The van der Waals surface area contributed by atoms with Gasteiger partial charge < -0.3 is 5.32 Å². The molecule has 84 valence electrons. The summed E-state index contributed by atoms with van der Waals surface area (Å²) in [6.45, 7) is 10.6. The maximum absolute atomic E-state index is 4.62. The summed E-state index contributed by atoms with van der Waals surface area (Å²) < 4.78 is 0. The van der Waals surface area contributed by atoms with Crippen molar-refractivity contribution < 1.29 is 0 Å². The fraction of sp³-hybridized carbons (Fsp3) is 0.667. The van der Waals surface area contributed by atoms with Crippen molar-refractivity contribution in [3.05, 3.63) is 17.1 Å². The number of aryl methyl sites for hydroxylation is 1. The number of nitrogens with one attached hydrogen (secondary N) is 1. The molecule has 3 nitrogen and oxygen atoms in total. The Kier molecular flexibility index (Phi) is 3.32. The van der Waals surface area contributed by atoms with E-state index in [1.165, 1.54) is 0 Å². The quantitative estimate of drug-likeness (QED) is 0.810. The predicted molar refractivity (Wildman–Crippen MR) is 64.4 cm³/mol. The zero-order valence-electron chi connectivity index (χ0n) is 10.6. The monoisotopic (exact) mass is 207 g/mol. The van der Waals surface area contributed by atoms with E-state index in [4.69, 9.17) is 0 Å². The number of nitrogens with zero attached hydrogens (tertiary/aromatic N) is 2. The lowest BCUT2D eigenvalue weighted by Crippen LogP contribution is -2.19. The molecule has 0 aliphatic carbocycles. The third-order valence-electron chi connectivity index (χ3n) is 2.49. The summed E-state index contributed by atoms with van der Waals surface area (Å²) in [5.74, 6) is 1.86. The lowest BCUT2D eigenvalue weighted by Gasteiger charge is -2.19. The first-order valence-electron chi connectivity index (χ1n) is 5.46. The summed E-state index contributed by atoms with van der Waals surface area (Å²) in [5.41, 5.74) is 2.30. The average molecular weight is 207 g/mol. The fourth-order valence-electron chi connectivity index (χ4n) is 1.49. The highest BCUT2D eigenvalue weighted by atomic mass is 15.0. The van der Waals surface area contributed by atoms with Gasteiger partial charge in [-0.25, -0.2) is 9.97 Å². The molecule has 0 unspecified atom stereocenters. The van der Waals surface area contributed by atoms with E-state index in [0.717, 1.165) is 29.3 Å². The molecule has 3 heteroatoms. The Morgan fingerprint density at radius 3 is 2.20 bits per heavy atom. The van der Waals surface area contributed by atoms with Crippen molar-refractivity contribution in [1.29, 1.82) is 0 Å². The van der Waals surface area contributed by atoms with Crippen LogP contribution in [0.4, 0.5) is 5.82 Å². The Bertz CT molecular complexity index is 325. The number of rotatable bonds is 2. The van der Waals surface area contributed by atoms with Gasteiger partial charge in [-0.15, -0.1) is 0 Å². The highest BCUT2D eigenvalue weighted by Crippen LogP contribution is 2.23. The molecule has 0 saturated heterocycles. The van der Waals surface area contributed by atoms with E-state index in [1.807, 2.05) is 7.05 Å². The van der Waals surface area contributed by atoms with Gasteiger partial charge in [0.05, 0.1) is 0 Å². The molecule has 0 spiro atoms. The molecule has 0 aliphatic heterocycles. The first-order valence-corrected chi connectivity index (χ1v) is 5.46. The third-order valence-corrected chi connectivity index (χ3v) is 2.49. The number of hydrogen-bond acceptors (Lipinski definition) is 3. The van der Waals surface area contributed by atoms with Crippen LogP contribution < -0.4 is 5.32 Å². The molecule has 1 heterocycles. The molecule has 0 saturated carbocycles. The smallest absolute Gasteiger partial charge is 0.136 e. The van der Waals surface area contributed by atoms with E-state index in [9.17, 15) is 0 Å². The van der Waals surface area contributed by atoms with Crippen LogP contribution in [0.3, 0.4) is 0 Å². The van der Waals surface area contributed by atoms with Gasteiger partial charge in [-0.2, -0.15) is 0 Å². The summed E-state index contributed by atoms with van der Waals surface area (Å²) in [6, 6.07) is 0. The van der Waals surface area contributed by atoms with Gasteiger partial charge >= 0.3 is 0 Å². The summed E-state index contributed by atoms with van der Waals surface area (Å²) in [7, 11) is 1.90. The van der Waals surface area contributed by atoms with Crippen molar-refractivity contribution in [1.82, 2.24) is 9.97 Å². The Morgan fingerprint density at radius 2 is 1.80 bits per heavy atom. The molecule has 0 radical (unpaired) electrons. The summed E-state index contributed by atoms with van der Waals surface area (Å²) in [5, 5.41) is 3.13. The highest BCUT2D eigenvalue weighted by molar-refractivity contribution is 5.45. The number of aromatic nitrogens is 2. The Morgan fingerprint density at radius 1 is 1.20 bits per heavy atom. The van der Waals surface area contributed by atoms with Crippen LogP contribution in [-0.4, -0.2) is 17.0 Å². The molecule has 1 rings (SSSR count). The summed E-state index contributed by atoms with van der Waals surface area (Å²) in [4.78, 5) is 9.17. The van der Waals surface area contributed by atoms with E-state index < -0.39 is 0 Å². The van der Waals surface area contributed by atoms with Crippen LogP contribution >= 0.6 is 0 Å². The van der Waals surface area contributed by atoms with Crippen molar-refractivity contribution in [3.8, 4) is 0 Å². The summed E-state index contributed by atoms with van der Waals surface area (Å²) in [6.07, 6.45) is 0.951.